The van der Waals surface area contributed by atoms with E-state index in [4.69, 9.17) is 0 Å². The summed E-state index contributed by atoms with van der Waals surface area (Å²) in [5, 5.41) is 5.92. The van der Waals surface area contributed by atoms with Gasteiger partial charge in [0.05, 0.1) is 16.6 Å². The van der Waals surface area contributed by atoms with Gasteiger partial charge in [-0.3, -0.25) is 0 Å². The zero-order chi connectivity index (χ0) is 28.1. The number of rotatable bonds is 0. The smallest absolute Gasteiger partial charge is 0.0626 e. The first-order chi connectivity index (χ1) is 18.3. The molecule has 0 aliphatic heterocycles. The van der Waals surface area contributed by atoms with Crippen molar-refractivity contribution in [2.24, 2.45) is 0 Å². The van der Waals surface area contributed by atoms with E-state index >= 15 is 0 Å². The predicted octanol–water partition coefficient (Wildman–Crippen LogP) is 10.4. The highest BCUT2D eigenvalue weighted by Gasteiger charge is 2.34. The first-order valence-electron chi connectivity index (χ1n) is 14.6. The van der Waals surface area contributed by atoms with Crippen LogP contribution in [0.3, 0.4) is 0 Å². The van der Waals surface area contributed by atoms with Gasteiger partial charge in [0, 0.05) is 21.5 Å². The molecule has 4 aromatic carbocycles. The molecule has 0 bridgehead atoms. The molecule has 2 heterocycles. The highest BCUT2D eigenvalue weighted by atomic mass is 14.9. The monoisotopic (exact) mass is 511 g/mol. The van der Waals surface area contributed by atoms with Crippen molar-refractivity contribution in [2.75, 3.05) is 0 Å². The number of nitrogens with zero attached hydrogens (tertiary/aromatic N) is 1. The molecule has 0 amide bonds. The summed E-state index contributed by atoms with van der Waals surface area (Å²) in [5.41, 5.74) is 29.3. The molecule has 1 heteroatoms. The van der Waals surface area contributed by atoms with Gasteiger partial charge >= 0.3 is 0 Å². The van der Waals surface area contributed by atoms with E-state index in [1.807, 2.05) is 0 Å². The molecular weight excluding hydrogens is 470 g/mol. The van der Waals surface area contributed by atoms with Crippen LogP contribution in [0.2, 0.25) is 0 Å². The Labute approximate surface area is 233 Å². The minimum Gasteiger partial charge on any atom is -0.307 e. The molecule has 0 atom stereocenters. The standard InChI is InChI=1S/C38H41N/c1-15-16(2)22(8)30-28(20(15)6)14-29-21(7)27(13)37-35(34(29)30)33-25(11)19(5)24(10)32-31-23(9)17(3)18(4)26(12)36(31)39(37)38(32)33/h14H2,1-13H3. The minimum absolute atomic E-state index is 1.05. The fourth-order valence-corrected chi connectivity index (χ4v) is 8.38. The van der Waals surface area contributed by atoms with Gasteiger partial charge in [0.1, 0.15) is 0 Å². The second-order valence-electron chi connectivity index (χ2n) is 12.9. The van der Waals surface area contributed by atoms with Gasteiger partial charge in [0.25, 0.3) is 0 Å². The molecule has 2 aromatic heterocycles. The average molecular weight is 512 g/mol. The Morgan fingerprint density at radius 3 is 1.28 bits per heavy atom. The van der Waals surface area contributed by atoms with E-state index in [-0.39, 0.29) is 0 Å². The third kappa shape index (κ3) is 2.54. The van der Waals surface area contributed by atoms with Crippen LogP contribution >= 0.6 is 0 Å². The Hall–Kier alpha value is -3.32. The van der Waals surface area contributed by atoms with Crippen molar-refractivity contribution in [3.8, 4) is 11.1 Å². The summed E-state index contributed by atoms with van der Waals surface area (Å²) < 4.78 is 2.70. The summed E-state index contributed by atoms with van der Waals surface area (Å²) in [5.74, 6) is 0. The van der Waals surface area contributed by atoms with Crippen LogP contribution in [0.4, 0.5) is 0 Å². The quantitative estimate of drug-likeness (QED) is 0.191. The van der Waals surface area contributed by atoms with Crippen LogP contribution in [0.15, 0.2) is 0 Å². The maximum atomic E-state index is 2.70. The van der Waals surface area contributed by atoms with Crippen molar-refractivity contribution in [2.45, 2.75) is 96.4 Å². The third-order valence-electron chi connectivity index (χ3n) is 11.8. The lowest BCUT2D eigenvalue weighted by molar-refractivity contribution is 1.13. The molecule has 39 heavy (non-hydrogen) atoms. The molecule has 7 rings (SSSR count). The molecule has 198 valence electrons. The van der Waals surface area contributed by atoms with Crippen molar-refractivity contribution in [3.63, 3.8) is 0 Å². The van der Waals surface area contributed by atoms with Crippen molar-refractivity contribution in [1.82, 2.24) is 4.40 Å². The van der Waals surface area contributed by atoms with Crippen LogP contribution < -0.4 is 0 Å². The summed E-state index contributed by atoms with van der Waals surface area (Å²) in [6, 6.07) is 0. The number of aromatic nitrogens is 1. The molecule has 0 fully saturated rings. The lowest BCUT2D eigenvalue weighted by Gasteiger charge is -2.19. The van der Waals surface area contributed by atoms with Gasteiger partial charge in [-0.25, -0.2) is 0 Å². The van der Waals surface area contributed by atoms with E-state index in [1.165, 1.54) is 122 Å². The normalized spacial score (nSPS) is 13.2. The first-order valence-corrected chi connectivity index (χ1v) is 14.6. The first kappa shape index (κ1) is 24.7. The summed E-state index contributed by atoms with van der Waals surface area (Å²) in [4.78, 5) is 0. The number of hydrogen-bond acceptors (Lipinski definition) is 0. The maximum Gasteiger partial charge on any atom is 0.0626 e. The van der Waals surface area contributed by atoms with E-state index < -0.39 is 0 Å². The molecule has 0 saturated heterocycles. The number of benzene rings is 4. The van der Waals surface area contributed by atoms with Crippen molar-refractivity contribution >= 4 is 38.1 Å². The number of aryl methyl sites for hydroxylation is 5. The molecular formula is C38H41N. The van der Waals surface area contributed by atoms with Crippen LogP contribution in [0.1, 0.15) is 83.5 Å². The zero-order valence-corrected chi connectivity index (χ0v) is 26.2. The molecule has 0 unspecified atom stereocenters. The molecule has 1 aliphatic rings. The molecule has 0 N–H and O–H groups in total. The Balaban J connectivity index is 1.90. The lowest BCUT2D eigenvalue weighted by atomic mass is 9.85. The second kappa shape index (κ2) is 7.45. The van der Waals surface area contributed by atoms with E-state index in [0.717, 1.165) is 6.42 Å². The van der Waals surface area contributed by atoms with Crippen LogP contribution in [0, 0.1) is 90.0 Å². The lowest BCUT2D eigenvalue weighted by Crippen LogP contribution is -1.99. The SMILES string of the molecule is Cc1c(C)c(C)c2c(c1C)Cc1c(C)c(C)c3c(c1-2)c1c(C)c(C)c(C)c2c4c(C)c(C)c(C)c(C)c4n3c21. The van der Waals surface area contributed by atoms with E-state index in [2.05, 4.69) is 94.4 Å². The Morgan fingerprint density at radius 2 is 0.667 bits per heavy atom. The highest BCUT2D eigenvalue weighted by molar-refractivity contribution is 6.30. The summed E-state index contributed by atoms with van der Waals surface area (Å²) in [6.07, 6.45) is 1.05. The number of fused-ring (bicyclic) bond motifs is 10. The van der Waals surface area contributed by atoms with E-state index in [0.29, 0.717) is 0 Å². The van der Waals surface area contributed by atoms with Crippen LogP contribution in [0.5, 0.6) is 0 Å². The fourth-order valence-electron chi connectivity index (χ4n) is 8.38. The Morgan fingerprint density at radius 1 is 0.308 bits per heavy atom. The summed E-state index contributed by atoms with van der Waals surface area (Å²) in [6.45, 7) is 30.5. The van der Waals surface area contributed by atoms with Gasteiger partial charge in [-0.05, 0) is 191 Å². The third-order valence-corrected chi connectivity index (χ3v) is 11.8. The van der Waals surface area contributed by atoms with Gasteiger partial charge in [-0.2, -0.15) is 0 Å². The average Bonchev–Trinajstić information content (AvgIpc) is 3.57. The summed E-state index contributed by atoms with van der Waals surface area (Å²) in [7, 11) is 0. The van der Waals surface area contributed by atoms with Gasteiger partial charge in [-0.15, -0.1) is 0 Å². The Bertz CT molecular complexity index is 2140. The molecule has 1 aliphatic carbocycles. The summed E-state index contributed by atoms with van der Waals surface area (Å²) >= 11 is 0. The fraction of sp³-hybridized carbons (Fsp3) is 0.368. The minimum atomic E-state index is 1.05. The molecule has 0 spiro atoms. The molecule has 0 radical (unpaired) electrons. The van der Waals surface area contributed by atoms with Gasteiger partial charge < -0.3 is 4.40 Å². The van der Waals surface area contributed by atoms with Crippen molar-refractivity contribution < 1.29 is 0 Å². The molecule has 0 saturated carbocycles. The maximum absolute atomic E-state index is 2.70. The van der Waals surface area contributed by atoms with Gasteiger partial charge in [-0.1, -0.05) is 0 Å². The topological polar surface area (TPSA) is 4.41 Å². The van der Waals surface area contributed by atoms with E-state index in [1.54, 1.807) is 11.1 Å². The number of hydrogen-bond donors (Lipinski definition) is 0. The largest absolute Gasteiger partial charge is 0.307 e. The van der Waals surface area contributed by atoms with Crippen LogP contribution in [0.25, 0.3) is 49.2 Å². The Kier molecular flexibility index (Phi) is 4.72. The van der Waals surface area contributed by atoms with Gasteiger partial charge in [0.2, 0.25) is 0 Å². The van der Waals surface area contributed by atoms with E-state index in [9.17, 15) is 0 Å². The molecule has 1 nitrogen and oxygen atoms in total. The molecule has 6 aromatic rings. The van der Waals surface area contributed by atoms with Crippen molar-refractivity contribution in [1.29, 1.82) is 0 Å². The highest BCUT2D eigenvalue weighted by Crippen LogP contribution is 2.54. The van der Waals surface area contributed by atoms with Gasteiger partial charge in [0.15, 0.2) is 0 Å². The zero-order valence-electron chi connectivity index (χ0n) is 26.2. The van der Waals surface area contributed by atoms with Crippen LogP contribution in [-0.4, -0.2) is 4.40 Å². The predicted molar refractivity (Wildman–Crippen MR) is 171 cm³/mol. The second-order valence-corrected chi connectivity index (χ2v) is 12.9. The van der Waals surface area contributed by atoms with Crippen LogP contribution in [-0.2, 0) is 6.42 Å². The van der Waals surface area contributed by atoms with Crippen molar-refractivity contribution in [3.05, 3.63) is 83.5 Å².